The molecule has 2 aromatic carbocycles. The predicted octanol–water partition coefficient (Wildman–Crippen LogP) is 3.56. The second kappa shape index (κ2) is 7.65. The molecule has 1 saturated heterocycles. The zero-order chi connectivity index (χ0) is 21.5. The quantitative estimate of drug-likeness (QED) is 0.513. The van der Waals surface area contributed by atoms with Crippen molar-refractivity contribution in [1.29, 1.82) is 0 Å². The van der Waals surface area contributed by atoms with Gasteiger partial charge >= 0.3 is 0 Å². The van der Waals surface area contributed by atoms with Gasteiger partial charge in [0.05, 0.1) is 5.52 Å². The molecule has 0 N–H and O–H groups in total. The molecule has 158 valence electrons. The Balaban J connectivity index is 1.63. The summed E-state index contributed by atoms with van der Waals surface area (Å²) < 4.78 is 2.07. The summed E-state index contributed by atoms with van der Waals surface area (Å²) in [6.45, 7) is 8.81. The maximum Gasteiger partial charge on any atom is 0.225 e. The van der Waals surface area contributed by atoms with Crippen molar-refractivity contribution in [3.05, 3.63) is 54.1 Å². The molecule has 7 heteroatoms. The molecular formula is C24H26N6O. The summed E-state index contributed by atoms with van der Waals surface area (Å²) >= 11 is 0. The number of anilines is 1. The summed E-state index contributed by atoms with van der Waals surface area (Å²) in [5.41, 5.74) is 3.89. The Bertz CT molecular complexity index is 1270. The molecule has 1 aliphatic heterocycles. The van der Waals surface area contributed by atoms with Crippen LogP contribution in [0.4, 0.5) is 5.95 Å². The third-order valence-electron chi connectivity index (χ3n) is 5.87. The summed E-state index contributed by atoms with van der Waals surface area (Å²) in [5, 5.41) is 10.1. The molecule has 0 spiro atoms. The molecule has 2 aromatic heterocycles. The van der Waals surface area contributed by atoms with Crippen LogP contribution < -0.4 is 4.90 Å². The van der Waals surface area contributed by atoms with Crippen molar-refractivity contribution >= 4 is 28.4 Å². The van der Waals surface area contributed by atoms with Crippen molar-refractivity contribution in [1.82, 2.24) is 24.5 Å². The van der Waals surface area contributed by atoms with E-state index in [-0.39, 0.29) is 11.8 Å². The molecule has 0 bridgehead atoms. The van der Waals surface area contributed by atoms with Gasteiger partial charge in [-0.1, -0.05) is 49.7 Å². The molecule has 1 amide bonds. The van der Waals surface area contributed by atoms with Crippen molar-refractivity contribution in [2.45, 2.75) is 20.8 Å². The van der Waals surface area contributed by atoms with Crippen LogP contribution in [0.1, 0.15) is 19.4 Å². The van der Waals surface area contributed by atoms with E-state index in [2.05, 4.69) is 44.6 Å². The zero-order valence-corrected chi connectivity index (χ0v) is 18.1. The average Bonchev–Trinajstić information content (AvgIpc) is 3.24. The Kier molecular flexibility index (Phi) is 4.81. The lowest BCUT2D eigenvalue weighted by Crippen LogP contribution is -2.50. The smallest absolute Gasteiger partial charge is 0.225 e. The molecule has 0 saturated carbocycles. The highest BCUT2D eigenvalue weighted by atomic mass is 16.2. The van der Waals surface area contributed by atoms with E-state index in [1.807, 2.05) is 49.1 Å². The Labute approximate surface area is 181 Å². The van der Waals surface area contributed by atoms with E-state index in [1.165, 1.54) is 5.56 Å². The summed E-state index contributed by atoms with van der Waals surface area (Å²) in [7, 11) is 0. The normalized spacial score (nSPS) is 14.7. The first-order valence-corrected chi connectivity index (χ1v) is 10.8. The number of rotatable bonds is 3. The maximum atomic E-state index is 12.4. The number of hydrogen-bond donors (Lipinski definition) is 0. The number of para-hydroxylation sites is 1. The van der Waals surface area contributed by atoms with Crippen LogP contribution in [0, 0.1) is 12.8 Å². The Morgan fingerprint density at radius 2 is 1.74 bits per heavy atom. The van der Waals surface area contributed by atoms with Crippen molar-refractivity contribution < 1.29 is 4.79 Å². The van der Waals surface area contributed by atoms with Crippen LogP contribution in [-0.4, -0.2) is 56.6 Å². The van der Waals surface area contributed by atoms with Crippen molar-refractivity contribution in [2.24, 2.45) is 5.92 Å². The topological polar surface area (TPSA) is 66.6 Å². The van der Waals surface area contributed by atoms with Crippen LogP contribution in [0.25, 0.3) is 27.9 Å². The SMILES string of the molecule is Cc1cccc(-c2nnc3c4ccccc4nc(N4CCN(C(=O)C(C)C)CC4)n23)c1. The number of fused-ring (bicyclic) bond motifs is 3. The van der Waals surface area contributed by atoms with Crippen molar-refractivity contribution in [3.63, 3.8) is 0 Å². The molecule has 0 atom stereocenters. The van der Waals surface area contributed by atoms with Crippen LogP contribution in [0.2, 0.25) is 0 Å². The van der Waals surface area contributed by atoms with Crippen LogP contribution in [0.3, 0.4) is 0 Å². The Morgan fingerprint density at radius 3 is 2.48 bits per heavy atom. The average molecular weight is 415 g/mol. The number of carbonyl (C=O) groups excluding carboxylic acids is 1. The number of amides is 1. The number of benzene rings is 2. The molecule has 0 radical (unpaired) electrons. The van der Waals surface area contributed by atoms with E-state index in [0.29, 0.717) is 13.1 Å². The zero-order valence-electron chi connectivity index (χ0n) is 18.1. The van der Waals surface area contributed by atoms with Crippen molar-refractivity contribution in [3.8, 4) is 11.4 Å². The van der Waals surface area contributed by atoms with E-state index in [1.54, 1.807) is 0 Å². The van der Waals surface area contributed by atoms with Gasteiger partial charge in [0.1, 0.15) is 0 Å². The number of hydrogen-bond acceptors (Lipinski definition) is 5. The van der Waals surface area contributed by atoms with Gasteiger partial charge in [-0.2, -0.15) is 0 Å². The van der Waals surface area contributed by atoms with Gasteiger partial charge in [-0.15, -0.1) is 10.2 Å². The number of aromatic nitrogens is 4. The van der Waals surface area contributed by atoms with Crippen LogP contribution in [-0.2, 0) is 4.79 Å². The molecule has 4 aromatic rings. The fourth-order valence-electron chi connectivity index (χ4n) is 4.24. The molecule has 5 rings (SSSR count). The number of nitrogens with zero attached hydrogens (tertiary/aromatic N) is 6. The summed E-state index contributed by atoms with van der Waals surface area (Å²) in [4.78, 5) is 21.6. The first-order valence-electron chi connectivity index (χ1n) is 10.8. The van der Waals surface area contributed by atoms with E-state index in [0.717, 1.165) is 47.0 Å². The second-order valence-corrected chi connectivity index (χ2v) is 8.45. The first-order chi connectivity index (χ1) is 15.0. The monoisotopic (exact) mass is 414 g/mol. The van der Waals surface area contributed by atoms with E-state index in [9.17, 15) is 4.79 Å². The summed E-state index contributed by atoms with van der Waals surface area (Å²) in [6.07, 6.45) is 0. The predicted molar refractivity (Wildman–Crippen MR) is 122 cm³/mol. The van der Waals surface area contributed by atoms with E-state index < -0.39 is 0 Å². The Morgan fingerprint density at radius 1 is 0.968 bits per heavy atom. The minimum Gasteiger partial charge on any atom is -0.339 e. The van der Waals surface area contributed by atoms with Crippen LogP contribution in [0.5, 0.6) is 0 Å². The fraction of sp³-hybridized carbons (Fsp3) is 0.333. The van der Waals surface area contributed by atoms with Crippen LogP contribution >= 0.6 is 0 Å². The summed E-state index contributed by atoms with van der Waals surface area (Å²) in [6, 6.07) is 16.3. The fourth-order valence-corrected chi connectivity index (χ4v) is 4.24. The standard InChI is InChI=1S/C24H26N6O/c1-16(2)23(31)28-11-13-29(14-12-28)24-25-20-10-5-4-9-19(20)22-27-26-21(30(22)24)18-8-6-7-17(3)15-18/h4-10,15-16H,11-14H2,1-3H3. The molecular weight excluding hydrogens is 388 g/mol. The molecule has 0 unspecified atom stereocenters. The van der Waals surface area contributed by atoms with E-state index in [4.69, 9.17) is 4.98 Å². The van der Waals surface area contributed by atoms with Gasteiger partial charge in [-0.05, 0) is 25.1 Å². The maximum absolute atomic E-state index is 12.4. The minimum atomic E-state index is 0.0165. The highest BCUT2D eigenvalue weighted by Gasteiger charge is 2.26. The second-order valence-electron chi connectivity index (χ2n) is 8.45. The molecule has 3 heterocycles. The highest BCUT2D eigenvalue weighted by Crippen LogP contribution is 2.29. The lowest BCUT2D eigenvalue weighted by atomic mass is 10.1. The van der Waals surface area contributed by atoms with Gasteiger partial charge in [-0.3, -0.25) is 4.79 Å². The lowest BCUT2D eigenvalue weighted by molar-refractivity contribution is -0.134. The largest absolute Gasteiger partial charge is 0.339 e. The molecule has 7 nitrogen and oxygen atoms in total. The first kappa shape index (κ1) is 19.5. The van der Waals surface area contributed by atoms with Crippen molar-refractivity contribution in [2.75, 3.05) is 31.1 Å². The lowest BCUT2D eigenvalue weighted by Gasteiger charge is -2.36. The van der Waals surface area contributed by atoms with Gasteiger partial charge in [0, 0.05) is 43.0 Å². The Hall–Kier alpha value is -3.48. The van der Waals surface area contributed by atoms with Gasteiger partial charge in [-0.25, -0.2) is 9.38 Å². The highest BCUT2D eigenvalue weighted by molar-refractivity contribution is 5.93. The van der Waals surface area contributed by atoms with E-state index >= 15 is 0 Å². The van der Waals surface area contributed by atoms with Gasteiger partial charge in [0.2, 0.25) is 11.9 Å². The number of piperazine rings is 1. The third-order valence-corrected chi connectivity index (χ3v) is 5.87. The van der Waals surface area contributed by atoms with Crippen LogP contribution in [0.15, 0.2) is 48.5 Å². The molecule has 1 fully saturated rings. The van der Waals surface area contributed by atoms with Gasteiger partial charge < -0.3 is 9.80 Å². The summed E-state index contributed by atoms with van der Waals surface area (Å²) in [5.74, 6) is 1.84. The third kappa shape index (κ3) is 3.40. The number of aryl methyl sites for hydroxylation is 1. The minimum absolute atomic E-state index is 0.0165. The molecule has 1 aliphatic rings. The van der Waals surface area contributed by atoms with Gasteiger partial charge in [0.15, 0.2) is 11.5 Å². The molecule has 0 aliphatic carbocycles. The molecule has 31 heavy (non-hydrogen) atoms. The van der Waals surface area contributed by atoms with Gasteiger partial charge in [0.25, 0.3) is 0 Å². The number of carbonyl (C=O) groups is 1.